The summed E-state index contributed by atoms with van der Waals surface area (Å²) in [6.45, 7) is 16.3. The number of hydrogen-bond acceptors (Lipinski definition) is 4. The number of nitrogens with zero attached hydrogens (tertiary/aromatic N) is 2. The fourth-order valence-corrected chi connectivity index (χ4v) is 4.34. The van der Waals surface area contributed by atoms with Crippen LogP contribution in [-0.2, 0) is 5.41 Å². The number of aromatic nitrogens is 1. The highest BCUT2D eigenvalue weighted by atomic mass is 16.3. The molecule has 1 heterocycles. The maximum atomic E-state index is 9.78. The van der Waals surface area contributed by atoms with Crippen LogP contribution in [0.1, 0.15) is 70.5 Å². The molecule has 0 saturated carbocycles. The van der Waals surface area contributed by atoms with E-state index in [1.807, 2.05) is 31.2 Å². The first-order valence-electron chi connectivity index (χ1n) is 10.9. The van der Waals surface area contributed by atoms with E-state index in [9.17, 15) is 5.26 Å². The zero-order valence-corrected chi connectivity index (χ0v) is 19.8. The molecule has 0 aliphatic carbocycles. The van der Waals surface area contributed by atoms with Gasteiger partial charge in [-0.2, -0.15) is 5.26 Å². The quantitative estimate of drug-likeness (QED) is 0.428. The summed E-state index contributed by atoms with van der Waals surface area (Å²) in [5.41, 5.74) is 6.53. The van der Waals surface area contributed by atoms with E-state index in [-0.39, 0.29) is 10.8 Å². The Hall–Kier alpha value is -3.06. The predicted molar refractivity (Wildman–Crippen MR) is 130 cm³/mol. The van der Waals surface area contributed by atoms with E-state index in [0.717, 1.165) is 35.3 Å². The molecule has 0 unspecified atom stereocenters. The Morgan fingerprint density at radius 3 is 2.48 bits per heavy atom. The molecule has 4 heteroatoms. The van der Waals surface area contributed by atoms with Crippen molar-refractivity contribution in [2.24, 2.45) is 5.41 Å². The number of anilines is 1. The van der Waals surface area contributed by atoms with Crippen molar-refractivity contribution >= 4 is 28.4 Å². The molecule has 1 N–H and O–H groups in total. The normalized spacial score (nSPS) is 12.8. The molecule has 0 aliphatic rings. The number of oxazole rings is 1. The summed E-state index contributed by atoms with van der Waals surface area (Å²) >= 11 is 0. The third-order valence-electron chi connectivity index (χ3n) is 5.44. The number of aryl methyl sites for hydroxylation is 1. The summed E-state index contributed by atoms with van der Waals surface area (Å²) in [4.78, 5) is 4.66. The van der Waals surface area contributed by atoms with Crippen LogP contribution in [0.2, 0.25) is 0 Å². The number of rotatable bonds is 6. The van der Waals surface area contributed by atoms with E-state index < -0.39 is 0 Å². The van der Waals surface area contributed by atoms with Gasteiger partial charge in [-0.15, -0.1) is 0 Å². The average molecular weight is 416 g/mol. The van der Waals surface area contributed by atoms with E-state index in [1.165, 1.54) is 5.56 Å². The van der Waals surface area contributed by atoms with Crippen LogP contribution in [0.25, 0.3) is 22.7 Å². The molecule has 3 aromatic rings. The number of nitrogens with one attached hydrogen (secondary N) is 1. The molecular weight excluding hydrogens is 382 g/mol. The molecule has 0 fully saturated rings. The Labute approximate surface area is 186 Å². The van der Waals surface area contributed by atoms with Crippen LogP contribution in [0.3, 0.4) is 0 Å². The lowest BCUT2D eigenvalue weighted by molar-refractivity contribution is 0.284. The second-order valence-corrected chi connectivity index (χ2v) is 10.1. The predicted octanol–water partition coefficient (Wildman–Crippen LogP) is 7.35. The fourth-order valence-electron chi connectivity index (χ4n) is 4.34. The minimum atomic E-state index is 0.0187. The number of nitriles is 1. The Balaban J connectivity index is 1.97. The van der Waals surface area contributed by atoms with Crippen LogP contribution in [-0.4, -0.2) is 11.5 Å². The van der Waals surface area contributed by atoms with Crippen LogP contribution < -0.4 is 5.32 Å². The van der Waals surface area contributed by atoms with Gasteiger partial charge in [-0.05, 0) is 78.1 Å². The van der Waals surface area contributed by atoms with Crippen molar-refractivity contribution in [2.45, 2.75) is 60.3 Å². The number of allylic oxidation sites excluding steroid dienone is 1. The second kappa shape index (κ2) is 8.59. The third kappa shape index (κ3) is 5.35. The van der Waals surface area contributed by atoms with Crippen molar-refractivity contribution in [3.05, 3.63) is 59.0 Å². The van der Waals surface area contributed by atoms with Gasteiger partial charge >= 0.3 is 0 Å². The van der Waals surface area contributed by atoms with Crippen LogP contribution in [0.5, 0.6) is 0 Å². The highest BCUT2D eigenvalue weighted by Gasteiger charge is 2.28. The Bertz CT molecular complexity index is 1150. The largest absolute Gasteiger partial charge is 0.435 e. The van der Waals surface area contributed by atoms with E-state index >= 15 is 0 Å². The van der Waals surface area contributed by atoms with Crippen LogP contribution in [0.15, 0.2) is 40.8 Å². The highest BCUT2D eigenvalue weighted by Crippen LogP contribution is 2.37. The number of fused-ring (bicyclic) bond motifs is 1. The van der Waals surface area contributed by atoms with Gasteiger partial charge in [-0.25, -0.2) is 4.98 Å². The van der Waals surface area contributed by atoms with Crippen molar-refractivity contribution in [3.8, 4) is 6.07 Å². The monoisotopic (exact) mass is 415 g/mol. The van der Waals surface area contributed by atoms with Gasteiger partial charge in [-0.1, -0.05) is 46.8 Å². The molecule has 0 amide bonds. The van der Waals surface area contributed by atoms with E-state index in [1.54, 1.807) is 0 Å². The van der Waals surface area contributed by atoms with Gasteiger partial charge in [0.25, 0.3) is 0 Å². The molecule has 0 aliphatic heterocycles. The first kappa shape index (κ1) is 22.6. The Kier molecular flexibility index (Phi) is 6.27. The lowest BCUT2D eigenvalue weighted by Gasteiger charge is -2.32. The van der Waals surface area contributed by atoms with Crippen molar-refractivity contribution in [1.29, 1.82) is 5.26 Å². The number of benzene rings is 2. The van der Waals surface area contributed by atoms with Crippen molar-refractivity contribution in [3.63, 3.8) is 0 Å². The fraction of sp³-hybridized carbons (Fsp3) is 0.407. The van der Waals surface area contributed by atoms with Gasteiger partial charge in [0.15, 0.2) is 5.58 Å². The molecule has 0 spiro atoms. The SMILES string of the molecule is CCNc1ccc(/C=C(\C#N)c2nc3cc(C(C)(C)CC(C)(C)C)ccc3o2)c(C)c1. The molecule has 0 radical (unpaired) electrons. The van der Waals surface area contributed by atoms with Gasteiger partial charge in [0, 0.05) is 12.2 Å². The number of hydrogen-bond donors (Lipinski definition) is 1. The molecule has 162 valence electrons. The zero-order chi connectivity index (χ0) is 22.8. The van der Waals surface area contributed by atoms with Gasteiger partial charge in [0.2, 0.25) is 5.89 Å². The third-order valence-corrected chi connectivity index (χ3v) is 5.44. The molecule has 0 atom stereocenters. The molecule has 31 heavy (non-hydrogen) atoms. The average Bonchev–Trinajstić information content (AvgIpc) is 3.09. The van der Waals surface area contributed by atoms with Crippen molar-refractivity contribution in [2.75, 3.05) is 11.9 Å². The molecule has 3 rings (SSSR count). The summed E-state index contributed by atoms with van der Waals surface area (Å²) < 4.78 is 5.95. The maximum absolute atomic E-state index is 9.78. The standard InChI is InChI=1S/C27H33N3O/c1-8-29-22-11-9-19(18(2)13-22)14-20(16-28)25-30-23-15-21(10-12-24(23)31-25)27(6,7)17-26(3,4)5/h9-15,29H,8,17H2,1-7H3/b20-14+. The van der Waals surface area contributed by atoms with E-state index in [4.69, 9.17) is 4.42 Å². The Morgan fingerprint density at radius 1 is 1.13 bits per heavy atom. The highest BCUT2D eigenvalue weighted by molar-refractivity contribution is 5.89. The van der Waals surface area contributed by atoms with Gasteiger partial charge in [0.1, 0.15) is 17.2 Å². The first-order valence-corrected chi connectivity index (χ1v) is 10.9. The summed E-state index contributed by atoms with van der Waals surface area (Å²) in [5, 5.41) is 13.1. The van der Waals surface area contributed by atoms with Gasteiger partial charge in [0.05, 0.1) is 0 Å². The molecule has 2 aromatic carbocycles. The molecule has 1 aromatic heterocycles. The lowest BCUT2D eigenvalue weighted by Crippen LogP contribution is -2.24. The molecular formula is C27H33N3O. The topological polar surface area (TPSA) is 61.9 Å². The van der Waals surface area contributed by atoms with E-state index in [0.29, 0.717) is 17.0 Å². The Morgan fingerprint density at radius 2 is 1.87 bits per heavy atom. The van der Waals surface area contributed by atoms with Crippen molar-refractivity contribution in [1.82, 2.24) is 4.98 Å². The summed E-state index contributed by atoms with van der Waals surface area (Å²) in [6.07, 6.45) is 2.90. The molecule has 0 bridgehead atoms. The summed E-state index contributed by atoms with van der Waals surface area (Å²) in [7, 11) is 0. The van der Waals surface area contributed by atoms with Gasteiger partial charge in [-0.3, -0.25) is 0 Å². The smallest absolute Gasteiger partial charge is 0.238 e. The summed E-state index contributed by atoms with van der Waals surface area (Å²) in [6, 6.07) is 14.6. The van der Waals surface area contributed by atoms with Gasteiger partial charge < -0.3 is 9.73 Å². The second-order valence-electron chi connectivity index (χ2n) is 10.1. The van der Waals surface area contributed by atoms with Crippen molar-refractivity contribution < 1.29 is 4.42 Å². The van der Waals surface area contributed by atoms with Crippen LogP contribution in [0, 0.1) is 23.7 Å². The van der Waals surface area contributed by atoms with Crippen LogP contribution in [0.4, 0.5) is 5.69 Å². The maximum Gasteiger partial charge on any atom is 0.238 e. The zero-order valence-electron chi connectivity index (χ0n) is 19.8. The first-order chi connectivity index (χ1) is 14.5. The molecule has 0 saturated heterocycles. The lowest BCUT2D eigenvalue weighted by atomic mass is 9.72. The minimum Gasteiger partial charge on any atom is -0.435 e. The summed E-state index contributed by atoms with van der Waals surface area (Å²) in [5.74, 6) is 0.360. The minimum absolute atomic E-state index is 0.0187. The van der Waals surface area contributed by atoms with Crippen LogP contribution >= 0.6 is 0 Å². The van der Waals surface area contributed by atoms with E-state index in [2.05, 4.69) is 76.1 Å². The molecule has 4 nitrogen and oxygen atoms in total.